The Morgan fingerprint density at radius 1 is 1.31 bits per heavy atom. The SMILES string of the molecule is Cc1nn(-c2ccccc2)c(N)c1C(N)=S. The van der Waals surface area contributed by atoms with Crippen LogP contribution in [0.15, 0.2) is 30.3 Å². The molecule has 0 saturated carbocycles. The molecule has 0 radical (unpaired) electrons. The Kier molecular flexibility index (Phi) is 2.62. The van der Waals surface area contributed by atoms with Gasteiger partial charge >= 0.3 is 0 Å². The van der Waals surface area contributed by atoms with Crippen molar-refractivity contribution in [3.05, 3.63) is 41.6 Å². The third-order valence-electron chi connectivity index (χ3n) is 2.34. The van der Waals surface area contributed by atoms with Crippen LogP contribution in [0, 0.1) is 6.92 Å². The Balaban J connectivity index is 2.61. The molecule has 16 heavy (non-hydrogen) atoms. The van der Waals surface area contributed by atoms with Crippen LogP contribution in [0.1, 0.15) is 11.3 Å². The van der Waals surface area contributed by atoms with Gasteiger partial charge in [0.05, 0.1) is 16.9 Å². The molecule has 0 aliphatic heterocycles. The lowest BCUT2D eigenvalue weighted by Crippen LogP contribution is -2.13. The first-order chi connectivity index (χ1) is 7.61. The van der Waals surface area contributed by atoms with Crippen molar-refractivity contribution in [2.24, 2.45) is 5.73 Å². The monoisotopic (exact) mass is 232 g/mol. The van der Waals surface area contributed by atoms with Crippen LogP contribution in [-0.2, 0) is 0 Å². The lowest BCUT2D eigenvalue weighted by molar-refractivity contribution is 0.872. The molecule has 5 heteroatoms. The standard InChI is InChI=1S/C11H12N4S/c1-7-9(11(13)16)10(12)15(14-7)8-5-3-2-4-6-8/h2-6H,12H2,1H3,(H2,13,16). The molecule has 1 heterocycles. The normalized spacial score (nSPS) is 10.3. The number of rotatable bonds is 2. The van der Waals surface area contributed by atoms with E-state index in [9.17, 15) is 0 Å². The zero-order valence-electron chi connectivity index (χ0n) is 8.84. The minimum Gasteiger partial charge on any atom is -0.389 e. The van der Waals surface area contributed by atoms with Crippen molar-refractivity contribution in [3.8, 4) is 5.69 Å². The second-order valence-corrected chi connectivity index (χ2v) is 3.90. The van der Waals surface area contributed by atoms with Gasteiger partial charge in [0.2, 0.25) is 0 Å². The Morgan fingerprint density at radius 2 is 1.94 bits per heavy atom. The van der Waals surface area contributed by atoms with Crippen LogP contribution in [-0.4, -0.2) is 14.8 Å². The number of hydrogen-bond acceptors (Lipinski definition) is 3. The van der Waals surface area contributed by atoms with E-state index in [-0.39, 0.29) is 4.99 Å². The summed E-state index contributed by atoms with van der Waals surface area (Å²) in [4.78, 5) is 0.275. The lowest BCUT2D eigenvalue weighted by atomic mass is 10.2. The third kappa shape index (κ3) is 1.65. The summed E-state index contributed by atoms with van der Waals surface area (Å²) in [6, 6.07) is 9.63. The van der Waals surface area contributed by atoms with E-state index in [1.807, 2.05) is 37.3 Å². The maximum Gasteiger partial charge on any atom is 0.137 e. The van der Waals surface area contributed by atoms with Gasteiger partial charge in [0.1, 0.15) is 10.8 Å². The van der Waals surface area contributed by atoms with Crippen molar-refractivity contribution in [3.63, 3.8) is 0 Å². The molecule has 0 atom stereocenters. The number of hydrogen-bond donors (Lipinski definition) is 2. The van der Waals surface area contributed by atoms with E-state index >= 15 is 0 Å². The van der Waals surface area contributed by atoms with Crippen molar-refractivity contribution in [1.82, 2.24) is 9.78 Å². The first-order valence-electron chi connectivity index (χ1n) is 4.81. The molecule has 0 aliphatic rings. The second-order valence-electron chi connectivity index (χ2n) is 3.46. The fraction of sp³-hybridized carbons (Fsp3) is 0.0909. The van der Waals surface area contributed by atoms with E-state index in [4.69, 9.17) is 23.7 Å². The molecule has 0 unspecified atom stereocenters. The predicted molar refractivity (Wildman–Crippen MR) is 68.6 cm³/mol. The number of benzene rings is 1. The minimum atomic E-state index is 0.275. The maximum absolute atomic E-state index is 5.97. The summed E-state index contributed by atoms with van der Waals surface area (Å²) < 4.78 is 1.64. The largest absolute Gasteiger partial charge is 0.389 e. The van der Waals surface area contributed by atoms with Gasteiger partial charge in [-0.3, -0.25) is 0 Å². The Bertz CT molecular complexity index is 530. The number of para-hydroxylation sites is 1. The summed E-state index contributed by atoms with van der Waals surface area (Å²) in [7, 11) is 0. The fourth-order valence-electron chi connectivity index (χ4n) is 1.62. The summed E-state index contributed by atoms with van der Waals surface area (Å²) in [5, 5.41) is 4.33. The number of aryl methyl sites for hydroxylation is 1. The van der Waals surface area contributed by atoms with Crippen LogP contribution in [0.3, 0.4) is 0 Å². The molecule has 0 aliphatic carbocycles. The van der Waals surface area contributed by atoms with E-state index in [0.717, 1.165) is 11.4 Å². The van der Waals surface area contributed by atoms with Crippen LogP contribution < -0.4 is 11.5 Å². The van der Waals surface area contributed by atoms with E-state index in [0.29, 0.717) is 11.4 Å². The molecular weight excluding hydrogens is 220 g/mol. The van der Waals surface area contributed by atoms with E-state index in [1.165, 1.54) is 0 Å². The van der Waals surface area contributed by atoms with Crippen LogP contribution in [0.5, 0.6) is 0 Å². The molecule has 2 aromatic rings. The van der Waals surface area contributed by atoms with Crippen molar-refractivity contribution in [2.45, 2.75) is 6.92 Å². The number of nitrogens with zero attached hydrogens (tertiary/aromatic N) is 2. The molecule has 82 valence electrons. The summed E-state index contributed by atoms with van der Waals surface area (Å²) >= 11 is 4.94. The average molecular weight is 232 g/mol. The van der Waals surface area contributed by atoms with Gasteiger partial charge in [-0.15, -0.1) is 0 Å². The van der Waals surface area contributed by atoms with Crippen molar-refractivity contribution >= 4 is 23.0 Å². The minimum absolute atomic E-state index is 0.275. The molecule has 4 nitrogen and oxygen atoms in total. The van der Waals surface area contributed by atoms with E-state index < -0.39 is 0 Å². The van der Waals surface area contributed by atoms with Crippen LogP contribution >= 0.6 is 12.2 Å². The first-order valence-corrected chi connectivity index (χ1v) is 5.22. The highest BCUT2D eigenvalue weighted by Gasteiger charge is 2.15. The van der Waals surface area contributed by atoms with Gasteiger partial charge in [0.25, 0.3) is 0 Å². The molecule has 0 saturated heterocycles. The summed E-state index contributed by atoms with van der Waals surface area (Å²) in [5.74, 6) is 0.483. The number of thiocarbonyl (C=S) groups is 1. The van der Waals surface area contributed by atoms with Crippen molar-refractivity contribution < 1.29 is 0 Å². The van der Waals surface area contributed by atoms with Gasteiger partial charge in [0.15, 0.2) is 0 Å². The van der Waals surface area contributed by atoms with E-state index in [1.54, 1.807) is 4.68 Å². The van der Waals surface area contributed by atoms with Gasteiger partial charge in [-0.25, -0.2) is 4.68 Å². The smallest absolute Gasteiger partial charge is 0.137 e. The van der Waals surface area contributed by atoms with Crippen molar-refractivity contribution in [2.75, 3.05) is 5.73 Å². The van der Waals surface area contributed by atoms with Crippen LogP contribution in [0.25, 0.3) is 5.69 Å². The molecule has 4 N–H and O–H groups in total. The molecule has 0 spiro atoms. The molecule has 1 aromatic carbocycles. The number of anilines is 1. The fourth-order valence-corrected chi connectivity index (χ4v) is 1.87. The summed E-state index contributed by atoms with van der Waals surface area (Å²) in [5.41, 5.74) is 13.9. The third-order valence-corrected chi connectivity index (χ3v) is 2.55. The maximum atomic E-state index is 5.97. The predicted octanol–water partition coefficient (Wildman–Crippen LogP) is 1.40. The topological polar surface area (TPSA) is 69.9 Å². The van der Waals surface area contributed by atoms with Gasteiger partial charge in [0, 0.05) is 0 Å². The van der Waals surface area contributed by atoms with Gasteiger partial charge in [-0.2, -0.15) is 5.10 Å². The van der Waals surface area contributed by atoms with Gasteiger partial charge in [-0.05, 0) is 19.1 Å². The van der Waals surface area contributed by atoms with Gasteiger partial charge in [-0.1, -0.05) is 30.4 Å². The molecule has 0 bridgehead atoms. The Hall–Kier alpha value is -1.88. The first kappa shape index (κ1) is 10.6. The zero-order valence-corrected chi connectivity index (χ0v) is 9.66. The quantitative estimate of drug-likeness (QED) is 0.768. The van der Waals surface area contributed by atoms with E-state index in [2.05, 4.69) is 5.10 Å². The molecular formula is C11H12N4S. The lowest BCUT2D eigenvalue weighted by Gasteiger charge is -2.03. The molecule has 1 aromatic heterocycles. The Morgan fingerprint density at radius 3 is 2.44 bits per heavy atom. The number of aromatic nitrogens is 2. The highest BCUT2D eigenvalue weighted by Crippen LogP contribution is 2.20. The second kappa shape index (κ2) is 3.94. The van der Waals surface area contributed by atoms with Gasteiger partial charge < -0.3 is 11.5 Å². The van der Waals surface area contributed by atoms with Crippen molar-refractivity contribution in [1.29, 1.82) is 0 Å². The highest BCUT2D eigenvalue weighted by molar-refractivity contribution is 7.80. The zero-order chi connectivity index (χ0) is 11.7. The molecule has 2 rings (SSSR count). The Labute approximate surface area is 98.9 Å². The number of nitrogen functional groups attached to an aromatic ring is 1. The average Bonchev–Trinajstić information content (AvgIpc) is 2.55. The summed E-state index contributed by atoms with van der Waals surface area (Å²) in [6.07, 6.45) is 0. The summed E-state index contributed by atoms with van der Waals surface area (Å²) in [6.45, 7) is 1.84. The molecule has 0 fully saturated rings. The van der Waals surface area contributed by atoms with Crippen LogP contribution in [0.4, 0.5) is 5.82 Å². The number of nitrogens with two attached hydrogens (primary N) is 2. The highest BCUT2D eigenvalue weighted by atomic mass is 32.1. The molecule has 0 amide bonds. The van der Waals surface area contributed by atoms with Crippen LogP contribution in [0.2, 0.25) is 0 Å².